The summed E-state index contributed by atoms with van der Waals surface area (Å²) in [6, 6.07) is 5.82. The molecule has 2 amide bonds. The number of hydrogen-bond acceptors (Lipinski definition) is 6. The molecule has 2 rings (SSSR count). The van der Waals surface area contributed by atoms with Gasteiger partial charge >= 0.3 is 5.97 Å². The van der Waals surface area contributed by atoms with Gasteiger partial charge in [0.25, 0.3) is 0 Å². The van der Waals surface area contributed by atoms with Crippen molar-refractivity contribution < 1.29 is 27.5 Å². The minimum atomic E-state index is -3.18. The van der Waals surface area contributed by atoms with Crippen molar-refractivity contribution in [2.45, 2.75) is 19.4 Å². The summed E-state index contributed by atoms with van der Waals surface area (Å²) < 4.78 is 27.9. The molecule has 8 nitrogen and oxygen atoms in total. The molecular weight excluding hydrogens is 348 g/mol. The Kier molecular flexibility index (Phi) is 5.78. The Bertz CT molecular complexity index is 790. The third kappa shape index (κ3) is 4.79. The number of amides is 2. The van der Waals surface area contributed by atoms with Crippen molar-refractivity contribution in [2.24, 2.45) is 0 Å². The maximum atomic E-state index is 12.3. The first kappa shape index (κ1) is 18.9. The Labute approximate surface area is 146 Å². The lowest BCUT2D eigenvalue weighted by Gasteiger charge is -2.26. The summed E-state index contributed by atoms with van der Waals surface area (Å²) in [4.78, 5) is 37.1. The van der Waals surface area contributed by atoms with Crippen LogP contribution in [0.15, 0.2) is 24.3 Å². The van der Waals surface area contributed by atoms with E-state index < -0.39 is 27.8 Å². The van der Waals surface area contributed by atoms with E-state index in [0.717, 1.165) is 0 Å². The molecule has 136 valence electrons. The van der Waals surface area contributed by atoms with Crippen LogP contribution in [-0.4, -0.2) is 62.3 Å². The van der Waals surface area contributed by atoms with Gasteiger partial charge in [0.2, 0.25) is 11.8 Å². The number of sulfone groups is 1. The molecule has 1 aliphatic heterocycles. The molecule has 25 heavy (non-hydrogen) atoms. The molecule has 1 aliphatic rings. The highest BCUT2D eigenvalue weighted by Crippen LogP contribution is 2.19. The smallest absolute Gasteiger partial charge is 0.339 e. The van der Waals surface area contributed by atoms with E-state index in [1.165, 1.54) is 25.0 Å². The van der Waals surface area contributed by atoms with E-state index >= 15 is 0 Å². The first-order chi connectivity index (χ1) is 11.7. The van der Waals surface area contributed by atoms with E-state index in [4.69, 9.17) is 0 Å². The van der Waals surface area contributed by atoms with Crippen LogP contribution in [0.4, 0.5) is 5.69 Å². The molecule has 1 aromatic carbocycles. The van der Waals surface area contributed by atoms with Gasteiger partial charge in [0.15, 0.2) is 9.84 Å². The first-order valence-electron chi connectivity index (χ1n) is 7.68. The predicted octanol–water partition coefficient (Wildman–Crippen LogP) is 0.447. The number of nitrogens with zero attached hydrogens (tertiary/aromatic N) is 1. The van der Waals surface area contributed by atoms with Gasteiger partial charge in [0, 0.05) is 13.0 Å². The molecule has 0 aliphatic carbocycles. The Morgan fingerprint density at radius 3 is 2.52 bits per heavy atom. The number of para-hydroxylation sites is 1. The second kappa shape index (κ2) is 7.64. The van der Waals surface area contributed by atoms with Crippen LogP contribution in [0.1, 0.15) is 23.7 Å². The number of carbonyl (C=O) groups is 3. The number of carbonyl (C=O) groups excluding carboxylic acids is 3. The second-order valence-electron chi connectivity index (χ2n) is 5.79. The third-order valence-electron chi connectivity index (χ3n) is 3.97. The monoisotopic (exact) mass is 368 g/mol. The Morgan fingerprint density at radius 1 is 1.28 bits per heavy atom. The van der Waals surface area contributed by atoms with E-state index in [-0.39, 0.29) is 35.2 Å². The highest BCUT2D eigenvalue weighted by molar-refractivity contribution is 7.91. The molecule has 1 unspecified atom stereocenters. The van der Waals surface area contributed by atoms with E-state index in [2.05, 4.69) is 10.1 Å². The quantitative estimate of drug-likeness (QED) is 0.756. The molecule has 0 bridgehead atoms. The van der Waals surface area contributed by atoms with Gasteiger partial charge in [-0.15, -0.1) is 0 Å². The number of esters is 1. The standard InChI is InChI=1S/C16H20N2O6S/c1-11(19)18(12-7-8-25(22,23)10-12)9-15(20)17-14-6-4-3-5-13(14)16(21)24-2/h3-6,12H,7-10H2,1-2H3,(H,17,20). The van der Waals surface area contributed by atoms with Crippen LogP contribution in [0.2, 0.25) is 0 Å². The molecule has 1 aromatic rings. The number of hydrogen-bond donors (Lipinski definition) is 1. The Hall–Kier alpha value is -2.42. The second-order valence-corrected chi connectivity index (χ2v) is 8.02. The van der Waals surface area contributed by atoms with E-state index in [9.17, 15) is 22.8 Å². The molecular formula is C16H20N2O6S. The zero-order valence-electron chi connectivity index (χ0n) is 14.0. The summed E-state index contributed by atoms with van der Waals surface area (Å²) in [5.74, 6) is -1.62. The van der Waals surface area contributed by atoms with Crippen molar-refractivity contribution in [3.63, 3.8) is 0 Å². The minimum absolute atomic E-state index is 0.00817. The molecule has 1 N–H and O–H groups in total. The number of rotatable bonds is 5. The van der Waals surface area contributed by atoms with Crippen LogP contribution in [0.3, 0.4) is 0 Å². The summed E-state index contributed by atoms with van der Waals surface area (Å²) in [5, 5.41) is 2.57. The normalized spacial score (nSPS) is 18.4. The van der Waals surface area contributed by atoms with Crippen molar-refractivity contribution in [1.29, 1.82) is 0 Å². The summed E-state index contributed by atoms with van der Waals surface area (Å²) in [7, 11) is -1.94. The first-order valence-corrected chi connectivity index (χ1v) is 9.50. The van der Waals surface area contributed by atoms with Crippen molar-refractivity contribution in [1.82, 2.24) is 4.90 Å². The summed E-state index contributed by atoms with van der Waals surface area (Å²) >= 11 is 0. The van der Waals surface area contributed by atoms with Crippen molar-refractivity contribution >= 4 is 33.3 Å². The van der Waals surface area contributed by atoms with Crippen LogP contribution < -0.4 is 5.32 Å². The molecule has 1 heterocycles. The van der Waals surface area contributed by atoms with Gasteiger partial charge in [-0.25, -0.2) is 13.2 Å². The lowest BCUT2D eigenvalue weighted by Crippen LogP contribution is -2.44. The Morgan fingerprint density at radius 2 is 1.96 bits per heavy atom. The minimum Gasteiger partial charge on any atom is -0.465 e. The SMILES string of the molecule is COC(=O)c1ccccc1NC(=O)CN(C(C)=O)C1CCS(=O)(=O)C1. The summed E-state index contributed by atoms with van der Waals surface area (Å²) in [6.07, 6.45) is 0.313. The van der Waals surface area contributed by atoms with Crippen LogP contribution in [-0.2, 0) is 24.2 Å². The lowest BCUT2D eigenvalue weighted by atomic mass is 10.1. The summed E-state index contributed by atoms with van der Waals surface area (Å²) in [5.41, 5.74) is 0.457. The molecule has 0 aromatic heterocycles. The molecule has 1 fully saturated rings. The lowest BCUT2D eigenvalue weighted by molar-refractivity contribution is -0.134. The fourth-order valence-electron chi connectivity index (χ4n) is 2.74. The molecule has 1 saturated heterocycles. The fourth-order valence-corrected chi connectivity index (χ4v) is 4.47. The predicted molar refractivity (Wildman–Crippen MR) is 90.9 cm³/mol. The van der Waals surface area contributed by atoms with E-state index in [0.29, 0.717) is 6.42 Å². The van der Waals surface area contributed by atoms with Gasteiger partial charge in [-0.2, -0.15) is 0 Å². The number of nitrogens with one attached hydrogen (secondary N) is 1. The van der Waals surface area contributed by atoms with Crippen LogP contribution in [0.5, 0.6) is 0 Å². The number of benzene rings is 1. The topological polar surface area (TPSA) is 110 Å². The average Bonchev–Trinajstić information content (AvgIpc) is 2.91. The number of ether oxygens (including phenoxy) is 1. The summed E-state index contributed by atoms with van der Waals surface area (Å²) in [6.45, 7) is 1.01. The highest BCUT2D eigenvalue weighted by atomic mass is 32.2. The molecule has 0 radical (unpaired) electrons. The van der Waals surface area contributed by atoms with Gasteiger partial charge in [0.1, 0.15) is 6.54 Å². The molecule has 9 heteroatoms. The van der Waals surface area contributed by atoms with E-state index in [1.54, 1.807) is 18.2 Å². The fraction of sp³-hybridized carbons (Fsp3) is 0.438. The zero-order valence-corrected chi connectivity index (χ0v) is 14.8. The van der Waals surface area contributed by atoms with Crippen molar-refractivity contribution in [2.75, 3.05) is 30.5 Å². The number of methoxy groups -OCH3 is 1. The molecule has 1 atom stereocenters. The largest absolute Gasteiger partial charge is 0.465 e. The van der Waals surface area contributed by atoms with Crippen LogP contribution in [0.25, 0.3) is 0 Å². The van der Waals surface area contributed by atoms with Crippen molar-refractivity contribution in [3.05, 3.63) is 29.8 Å². The Balaban J connectivity index is 2.10. The zero-order chi connectivity index (χ0) is 18.6. The van der Waals surface area contributed by atoms with Gasteiger partial charge in [-0.3, -0.25) is 9.59 Å². The van der Waals surface area contributed by atoms with Crippen molar-refractivity contribution in [3.8, 4) is 0 Å². The molecule has 0 saturated carbocycles. The maximum absolute atomic E-state index is 12.3. The maximum Gasteiger partial charge on any atom is 0.339 e. The van der Waals surface area contributed by atoms with Gasteiger partial charge in [-0.05, 0) is 18.6 Å². The van der Waals surface area contributed by atoms with E-state index in [1.807, 2.05) is 0 Å². The average molecular weight is 368 g/mol. The van der Waals surface area contributed by atoms with Crippen LogP contribution in [0, 0.1) is 0 Å². The van der Waals surface area contributed by atoms with Gasteiger partial charge < -0.3 is 15.0 Å². The number of anilines is 1. The van der Waals surface area contributed by atoms with Crippen LogP contribution >= 0.6 is 0 Å². The molecule has 0 spiro atoms. The van der Waals surface area contributed by atoms with Gasteiger partial charge in [0.05, 0.1) is 29.9 Å². The van der Waals surface area contributed by atoms with Gasteiger partial charge in [-0.1, -0.05) is 12.1 Å². The third-order valence-corrected chi connectivity index (χ3v) is 5.72. The highest BCUT2D eigenvalue weighted by Gasteiger charge is 2.34.